The predicted octanol–water partition coefficient (Wildman–Crippen LogP) is 3.33. The summed E-state index contributed by atoms with van der Waals surface area (Å²) in [7, 11) is 2.04. The topological polar surface area (TPSA) is 55.3 Å². The SMILES string of the molecule is Cc1ccsc1CN(C)Cc1nnc(-c2ccco2)o1. The molecule has 0 unspecified atom stereocenters. The van der Waals surface area contributed by atoms with Crippen LogP contribution in [0.3, 0.4) is 0 Å². The lowest BCUT2D eigenvalue weighted by Gasteiger charge is -2.13. The minimum absolute atomic E-state index is 0.422. The summed E-state index contributed by atoms with van der Waals surface area (Å²) in [6.45, 7) is 3.62. The van der Waals surface area contributed by atoms with Crippen LogP contribution in [0.15, 0.2) is 38.7 Å². The van der Waals surface area contributed by atoms with Gasteiger partial charge in [0.05, 0.1) is 12.8 Å². The van der Waals surface area contributed by atoms with Crippen molar-refractivity contribution in [1.29, 1.82) is 0 Å². The number of hydrogen-bond donors (Lipinski definition) is 0. The second-order valence-corrected chi connectivity index (χ2v) is 5.68. The van der Waals surface area contributed by atoms with E-state index < -0.39 is 0 Å². The Hall–Kier alpha value is -1.92. The average Bonchev–Trinajstić information content (AvgIpc) is 3.12. The van der Waals surface area contributed by atoms with E-state index in [1.807, 2.05) is 7.05 Å². The van der Waals surface area contributed by atoms with Gasteiger partial charge in [-0.2, -0.15) is 0 Å². The third kappa shape index (κ3) is 2.81. The maximum absolute atomic E-state index is 5.59. The van der Waals surface area contributed by atoms with E-state index in [2.05, 4.69) is 33.5 Å². The number of aromatic nitrogens is 2. The van der Waals surface area contributed by atoms with Crippen molar-refractivity contribution < 1.29 is 8.83 Å². The molecule has 0 fully saturated rings. The molecule has 20 heavy (non-hydrogen) atoms. The average molecular weight is 289 g/mol. The first-order chi connectivity index (χ1) is 9.72. The summed E-state index contributed by atoms with van der Waals surface area (Å²) in [5.74, 6) is 1.61. The molecule has 104 valence electrons. The maximum atomic E-state index is 5.59. The van der Waals surface area contributed by atoms with Crippen molar-refractivity contribution in [2.75, 3.05) is 7.05 Å². The highest BCUT2D eigenvalue weighted by Crippen LogP contribution is 2.20. The van der Waals surface area contributed by atoms with Crippen LogP contribution in [0.5, 0.6) is 0 Å². The van der Waals surface area contributed by atoms with Crippen molar-refractivity contribution in [3.8, 4) is 11.7 Å². The summed E-state index contributed by atoms with van der Waals surface area (Å²) >= 11 is 1.77. The Bertz CT molecular complexity index is 672. The molecule has 0 aliphatic heterocycles. The molecular formula is C14H15N3O2S. The van der Waals surface area contributed by atoms with Crippen LogP contribution in [0.4, 0.5) is 0 Å². The molecule has 0 saturated heterocycles. The third-order valence-electron chi connectivity index (χ3n) is 2.99. The fourth-order valence-corrected chi connectivity index (χ4v) is 2.90. The second-order valence-electron chi connectivity index (χ2n) is 4.68. The van der Waals surface area contributed by atoms with Crippen LogP contribution < -0.4 is 0 Å². The zero-order valence-electron chi connectivity index (χ0n) is 11.4. The van der Waals surface area contributed by atoms with E-state index in [1.54, 1.807) is 29.7 Å². The Labute approximate surface area is 120 Å². The van der Waals surface area contributed by atoms with Gasteiger partial charge in [0.1, 0.15) is 0 Å². The van der Waals surface area contributed by atoms with Gasteiger partial charge >= 0.3 is 0 Å². The van der Waals surface area contributed by atoms with Gasteiger partial charge in [-0.05, 0) is 43.1 Å². The molecule has 0 aliphatic carbocycles. The Morgan fingerprint density at radius 3 is 2.85 bits per heavy atom. The molecule has 3 rings (SSSR count). The molecule has 3 heterocycles. The zero-order chi connectivity index (χ0) is 13.9. The van der Waals surface area contributed by atoms with Crippen molar-refractivity contribution >= 4 is 11.3 Å². The molecule has 3 aromatic heterocycles. The molecule has 0 amide bonds. The number of thiophene rings is 1. The highest BCUT2D eigenvalue weighted by Gasteiger charge is 2.13. The van der Waals surface area contributed by atoms with Crippen LogP contribution in [0.1, 0.15) is 16.3 Å². The van der Waals surface area contributed by atoms with Crippen LogP contribution in [0, 0.1) is 6.92 Å². The highest BCUT2D eigenvalue weighted by atomic mass is 32.1. The molecule has 0 radical (unpaired) electrons. The molecule has 0 aromatic carbocycles. The smallest absolute Gasteiger partial charge is 0.283 e. The summed E-state index contributed by atoms with van der Waals surface area (Å²) < 4.78 is 10.8. The summed E-state index contributed by atoms with van der Waals surface area (Å²) in [6.07, 6.45) is 1.59. The van der Waals surface area contributed by atoms with Crippen LogP contribution in [0.2, 0.25) is 0 Å². The Balaban J connectivity index is 1.65. The first kappa shape index (κ1) is 13.1. The number of aryl methyl sites for hydroxylation is 1. The van der Waals surface area contributed by atoms with Crippen molar-refractivity contribution in [3.05, 3.63) is 46.2 Å². The van der Waals surface area contributed by atoms with Crippen molar-refractivity contribution in [1.82, 2.24) is 15.1 Å². The lowest BCUT2D eigenvalue weighted by atomic mass is 10.3. The molecular weight excluding hydrogens is 274 g/mol. The van der Waals surface area contributed by atoms with Crippen LogP contribution >= 0.6 is 11.3 Å². The standard InChI is InChI=1S/C14H15N3O2S/c1-10-5-7-20-12(10)8-17(2)9-13-15-16-14(19-13)11-4-3-6-18-11/h3-7H,8-9H2,1-2H3. The van der Waals surface area contributed by atoms with E-state index in [9.17, 15) is 0 Å². The Morgan fingerprint density at radius 2 is 2.15 bits per heavy atom. The summed E-state index contributed by atoms with van der Waals surface area (Å²) in [5, 5.41) is 10.2. The first-order valence-corrected chi connectivity index (χ1v) is 7.18. The molecule has 0 N–H and O–H groups in total. The number of hydrogen-bond acceptors (Lipinski definition) is 6. The lowest BCUT2D eigenvalue weighted by molar-refractivity contribution is 0.284. The van der Waals surface area contributed by atoms with Crippen LogP contribution in [0.25, 0.3) is 11.7 Å². The van der Waals surface area contributed by atoms with E-state index in [-0.39, 0.29) is 0 Å². The largest absolute Gasteiger partial charge is 0.459 e. The molecule has 5 nitrogen and oxygen atoms in total. The molecule has 3 aromatic rings. The quantitative estimate of drug-likeness (QED) is 0.721. The molecule has 0 spiro atoms. The molecule has 6 heteroatoms. The van der Waals surface area contributed by atoms with Gasteiger partial charge in [-0.25, -0.2) is 0 Å². The maximum Gasteiger partial charge on any atom is 0.283 e. The molecule has 0 bridgehead atoms. The first-order valence-electron chi connectivity index (χ1n) is 6.30. The Kier molecular flexibility index (Phi) is 3.66. The van der Waals surface area contributed by atoms with Crippen LogP contribution in [-0.4, -0.2) is 22.1 Å². The fraction of sp³-hybridized carbons (Fsp3) is 0.286. The van der Waals surface area contributed by atoms with Crippen molar-refractivity contribution in [2.24, 2.45) is 0 Å². The summed E-state index contributed by atoms with van der Waals surface area (Å²) in [5.41, 5.74) is 1.32. The number of nitrogens with zero attached hydrogens (tertiary/aromatic N) is 3. The highest BCUT2D eigenvalue weighted by molar-refractivity contribution is 7.10. The summed E-state index contributed by atoms with van der Waals surface area (Å²) in [4.78, 5) is 3.51. The normalized spacial score (nSPS) is 11.3. The zero-order valence-corrected chi connectivity index (χ0v) is 12.2. The van der Waals surface area contributed by atoms with Crippen molar-refractivity contribution in [2.45, 2.75) is 20.0 Å². The second kappa shape index (κ2) is 5.60. The minimum atomic E-state index is 0.422. The minimum Gasteiger partial charge on any atom is -0.459 e. The lowest BCUT2D eigenvalue weighted by Crippen LogP contribution is -2.17. The monoisotopic (exact) mass is 289 g/mol. The summed E-state index contributed by atoms with van der Waals surface area (Å²) in [6, 6.07) is 5.73. The fourth-order valence-electron chi connectivity index (χ4n) is 1.92. The van der Waals surface area contributed by atoms with Gasteiger partial charge in [-0.1, -0.05) is 0 Å². The molecule has 0 atom stereocenters. The van der Waals surface area contributed by atoms with E-state index in [0.717, 1.165) is 6.54 Å². The van der Waals surface area contributed by atoms with Gasteiger partial charge in [-0.15, -0.1) is 21.5 Å². The molecule has 0 saturated carbocycles. The van der Waals surface area contributed by atoms with Gasteiger partial charge in [0.2, 0.25) is 5.89 Å². The van der Waals surface area contributed by atoms with Gasteiger partial charge in [-0.3, -0.25) is 4.90 Å². The van der Waals surface area contributed by atoms with E-state index in [0.29, 0.717) is 24.1 Å². The van der Waals surface area contributed by atoms with Gasteiger partial charge in [0, 0.05) is 11.4 Å². The Morgan fingerprint density at radius 1 is 1.25 bits per heavy atom. The third-order valence-corrected chi connectivity index (χ3v) is 3.99. The number of furan rings is 1. The van der Waals surface area contributed by atoms with Gasteiger partial charge < -0.3 is 8.83 Å². The predicted molar refractivity (Wildman–Crippen MR) is 76.2 cm³/mol. The molecule has 0 aliphatic rings. The van der Waals surface area contributed by atoms with E-state index in [4.69, 9.17) is 8.83 Å². The van der Waals surface area contributed by atoms with Gasteiger partial charge in [0.15, 0.2) is 5.76 Å². The van der Waals surface area contributed by atoms with E-state index >= 15 is 0 Å². The van der Waals surface area contributed by atoms with E-state index in [1.165, 1.54) is 10.4 Å². The van der Waals surface area contributed by atoms with Crippen molar-refractivity contribution in [3.63, 3.8) is 0 Å². The number of rotatable bonds is 5. The van der Waals surface area contributed by atoms with Gasteiger partial charge in [0.25, 0.3) is 5.89 Å². The van der Waals surface area contributed by atoms with Crippen LogP contribution in [-0.2, 0) is 13.1 Å².